The molecule has 0 fully saturated rings. The Kier molecular flexibility index (Phi) is 3.98. The van der Waals surface area contributed by atoms with Crippen molar-refractivity contribution in [3.63, 3.8) is 0 Å². The molecular formula is C15H10F3N5O. The minimum Gasteiger partial charge on any atom is -0.322 e. The van der Waals surface area contributed by atoms with Crippen LogP contribution in [0.3, 0.4) is 0 Å². The van der Waals surface area contributed by atoms with E-state index in [9.17, 15) is 18.0 Å². The van der Waals surface area contributed by atoms with Crippen LogP contribution in [0.25, 0.3) is 5.69 Å². The average Bonchev–Trinajstić information content (AvgIpc) is 3.09. The van der Waals surface area contributed by atoms with Crippen molar-refractivity contribution in [1.82, 2.24) is 20.2 Å². The van der Waals surface area contributed by atoms with E-state index in [1.165, 1.54) is 11.0 Å². The molecule has 1 aromatic heterocycles. The summed E-state index contributed by atoms with van der Waals surface area (Å²) >= 11 is 0. The van der Waals surface area contributed by atoms with Crippen molar-refractivity contribution in [2.45, 2.75) is 6.18 Å². The zero-order valence-electron chi connectivity index (χ0n) is 12.0. The minimum atomic E-state index is -4.43. The lowest BCUT2D eigenvalue weighted by Gasteiger charge is -2.09. The molecule has 1 heterocycles. The number of carbonyl (C=O) groups excluding carboxylic acids is 1. The number of alkyl halides is 3. The molecule has 0 unspecified atom stereocenters. The number of nitrogens with one attached hydrogen (secondary N) is 1. The highest BCUT2D eigenvalue weighted by atomic mass is 19.4. The van der Waals surface area contributed by atoms with Crippen LogP contribution in [0.4, 0.5) is 18.9 Å². The summed E-state index contributed by atoms with van der Waals surface area (Å²) in [4.78, 5) is 12.1. The first kappa shape index (κ1) is 15.7. The molecule has 3 aromatic rings. The van der Waals surface area contributed by atoms with Gasteiger partial charge in [-0.2, -0.15) is 13.2 Å². The first-order valence-electron chi connectivity index (χ1n) is 6.75. The van der Waals surface area contributed by atoms with Crippen LogP contribution in [0, 0.1) is 0 Å². The number of aromatic nitrogens is 4. The van der Waals surface area contributed by atoms with Gasteiger partial charge in [-0.15, -0.1) is 5.10 Å². The van der Waals surface area contributed by atoms with Crippen molar-refractivity contribution in [3.05, 3.63) is 66.0 Å². The van der Waals surface area contributed by atoms with Gasteiger partial charge >= 0.3 is 6.18 Å². The lowest BCUT2D eigenvalue weighted by molar-refractivity contribution is -0.137. The van der Waals surface area contributed by atoms with E-state index in [0.717, 1.165) is 24.3 Å². The standard InChI is InChI=1S/C15H10F3N5O/c16-15(17,18)11-3-1-10(2-4-11)14(24)20-12-5-7-13(8-6-12)23-9-19-21-22-23/h1-9H,(H,20,24). The molecule has 24 heavy (non-hydrogen) atoms. The number of rotatable bonds is 3. The molecule has 0 atom stereocenters. The third-order valence-corrected chi connectivity index (χ3v) is 3.21. The highest BCUT2D eigenvalue weighted by molar-refractivity contribution is 6.04. The number of nitrogens with zero attached hydrogens (tertiary/aromatic N) is 4. The van der Waals surface area contributed by atoms with E-state index in [2.05, 4.69) is 20.8 Å². The second-order valence-corrected chi connectivity index (χ2v) is 4.83. The van der Waals surface area contributed by atoms with Crippen LogP contribution < -0.4 is 5.32 Å². The van der Waals surface area contributed by atoms with E-state index >= 15 is 0 Å². The molecule has 0 radical (unpaired) electrons. The number of anilines is 1. The van der Waals surface area contributed by atoms with Gasteiger partial charge in [0.1, 0.15) is 6.33 Å². The molecule has 9 heteroatoms. The first-order valence-corrected chi connectivity index (χ1v) is 6.75. The number of hydrogen-bond donors (Lipinski definition) is 1. The third-order valence-electron chi connectivity index (χ3n) is 3.21. The van der Waals surface area contributed by atoms with Crippen LogP contribution in [0.2, 0.25) is 0 Å². The first-order chi connectivity index (χ1) is 11.4. The van der Waals surface area contributed by atoms with Crippen molar-refractivity contribution in [1.29, 1.82) is 0 Å². The van der Waals surface area contributed by atoms with E-state index in [1.807, 2.05) is 0 Å². The molecule has 6 nitrogen and oxygen atoms in total. The molecule has 0 spiro atoms. The fraction of sp³-hybridized carbons (Fsp3) is 0.0667. The Hall–Kier alpha value is -3.23. The SMILES string of the molecule is O=C(Nc1ccc(-n2cnnn2)cc1)c1ccc(C(F)(F)F)cc1. The Balaban J connectivity index is 1.70. The normalized spacial score (nSPS) is 11.3. The van der Waals surface area contributed by atoms with E-state index in [-0.39, 0.29) is 5.56 Å². The van der Waals surface area contributed by atoms with Gasteiger partial charge < -0.3 is 5.32 Å². The van der Waals surface area contributed by atoms with E-state index in [0.29, 0.717) is 11.4 Å². The van der Waals surface area contributed by atoms with Crippen LogP contribution in [0.15, 0.2) is 54.9 Å². The van der Waals surface area contributed by atoms with Gasteiger partial charge in [0.05, 0.1) is 11.3 Å². The van der Waals surface area contributed by atoms with Gasteiger partial charge in [-0.1, -0.05) is 0 Å². The minimum absolute atomic E-state index is 0.132. The molecule has 0 saturated heterocycles. The van der Waals surface area contributed by atoms with Gasteiger partial charge in [0.15, 0.2) is 0 Å². The monoisotopic (exact) mass is 333 g/mol. The summed E-state index contributed by atoms with van der Waals surface area (Å²) in [5.74, 6) is -0.501. The van der Waals surface area contributed by atoms with Crippen molar-refractivity contribution >= 4 is 11.6 Å². The Bertz CT molecular complexity index is 827. The van der Waals surface area contributed by atoms with E-state index in [4.69, 9.17) is 0 Å². The van der Waals surface area contributed by atoms with Crippen LogP contribution in [-0.4, -0.2) is 26.1 Å². The quantitative estimate of drug-likeness (QED) is 0.800. The molecule has 122 valence electrons. The molecule has 1 N–H and O–H groups in total. The summed E-state index contributed by atoms with van der Waals surface area (Å²) in [6, 6.07) is 10.7. The van der Waals surface area contributed by atoms with Gasteiger partial charge in [0.25, 0.3) is 5.91 Å². The Morgan fingerprint density at radius 3 is 2.21 bits per heavy atom. The van der Waals surface area contributed by atoms with E-state index < -0.39 is 17.6 Å². The Labute approximate surface area is 133 Å². The van der Waals surface area contributed by atoms with Crippen LogP contribution in [0.1, 0.15) is 15.9 Å². The number of amides is 1. The van der Waals surface area contributed by atoms with Crippen molar-refractivity contribution in [3.8, 4) is 5.69 Å². The molecular weight excluding hydrogens is 323 g/mol. The lowest BCUT2D eigenvalue weighted by Crippen LogP contribution is -2.13. The summed E-state index contributed by atoms with van der Waals surface area (Å²) in [5.41, 5.74) is 0.529. The van der Waals surface area contributed by atoms with Gasteiger partial charge in [-0.3, -0.25) is 4.79 Å². The van der Waals surface area contributed by atoms with Gasteiger partial charge in [0, 0.05) is 11.3 Å². The molecule has 0 saturated carbocycles. The smallest absolute Gasteiger partial charge is 0.322 e. The molecule has 0 aliphatic carbocycles. The molecule has 3 rings (SSSR count). The maximum Gasteiger partial charge on any atom is 0.416 e. The van der Waals surface area contributed by atoms with Crippen molar-refractivity contribution in [2.75, 3.05) is 5.32 Å². The number of halogens is 3. The predicted octanol–water partition coefficient (Wildman–Crippen LogP) is 2.93. The second kappa shape index (κ2) is 6.11. The second-order valence-electron chi connectivity index (χ2n) is 4.83. The molecule has 0 bridgehead atoms. The summed E-state index contributed by atoms with van der Waals surface area (Å²) in [6.45, 7) is 0. The number of benzene rings is 2. The fourth-order valence-electron chi connectivity index (χ4n) is 1.99. The summed E-state index contributed by atoms with van der Waals surface area (Å²) in [7, 11) is 0. The number of hydrogen-bond acceptors (Lipinski definition) is 4. The summed E-state index contributed by atoms with van der Waals surface area (Å²) in [6.07, 6.45) is -3.00. The lowest BCUT2D eigenvalue weighted by atomic mass is 10.1. The fourth-order valence-corrected chi connectivity index (χ4v) is 1.99. The molecule has 0 aliphatic rings. The van der Waals surface area contributed by atoms with Gasteiger partial charge in [-0.05, 0) is 59.0 Å². The van der Waals surface area contributed by atoms with Gasteiger partial charge in [0.2, 0.25) is 0 Å². The molecule has 0 aliphatic heterocycles. The zero-order chi connectivity index (χ0) is 17.2. The van der Waals surface area contributed by atoms with Crippen molar-refractivity contribution in [2.24, 2.45) is 0 Å². The van der Waals surface area contributed by atoms with Crippen LogP contribution in [-0.2, 0) is 6.18 Å². The largest absolute Gasteiger partial charge is 0.416 e. The van der Waals surface area contributed by atoms with Gasteiger partial charge in [-0.25, -0.2) is 4.68 Å². The third kappa shape index (κ3) is 3.40. The topological polar surface area (TPSA) is 72.7 Å². The maximum atomic E-state index is 12.5. The van der Waals surface area contributed by atoms with Crippen molar-refractivity contribution < 1.29 is 18.0 Å². The molecule has 2 aromatic carbocycles. The zero-order valence-corrected chi connectivity index (χ0v) is 12.0. The Morgan fingerprint density at radius 2 is 1.67 bits per heavy atom. The summed E-state index contributed by atoms with van der Waals surface area (Å²) < 4.78 is 39.0. The predicted molar refractivity (Wildman–Crippen MR) is 78.6 cm³/mol. The number of carbonyl (C=O) groups is 1. The van der Waals surface area contributed by atoms with Crippen LogP contribution in [0.5, 0.6) is 0 Å². The summed E-state index contributed by atoms with van der Waals surface area (Å²) in [5, 5.41) is 13.4. The Morgan fingerprint density at radius 1 is 1.00 bits per heavy atom. The maximum absolute atomic E-state index is 12.5. The van der Waals surface area contributed by atoms with Crippen LogP contribution >= 0.6 is 0 Å². The molecule has 1 amide bonds. The highest BCUT2D eigenvalue weighted by Gasteiger charge is 2.30. The highest BCUT2D eigenvalue weighted by Crippen LogP contribution is 2.29. The number of tetrazole rings is 1. The van der Waals surface area contributed by atoms with E-state index in [1.54, 1.807) is 24.3 Å². The average molecular weight is 333 g/mol.